The zero-order valence-corrected chi connectivity index (χ0v) is 12.3. The second-order valence-electron chi connectivity index (χ2n) is 3.61. The quantitative estimate of drug-likeness (QED) is 0.760. The molecule has 2 rings (SSSR count). The summed E-state index contributed by atoms with van der Waals surface area (Å²) in [6, 6.07) is 7.54. The van der Waals surface area contributed by atoms with Gasteiger partial charge in [-0.25, -0.2) is 0 Å². The van der Waals surface area contributed by atoms with Crippen molar-refractivity contribution in [3.63, 3.8) is 0 Å². The van der Waals surface area contributed by atoms with Crippen molar-refractivity contribution in [3.8, 4) is 5.75 Å². The van der Waals surface area contributed by atoms with Gasteiger partial charge in [0.1, 0.15) is 5.75 Å². The molecular weight excluding hydrogens is 298 g/mol. The molecule has 0 aliphatic heterocycles. The summed E-state index contributed by atoms with van der Waals surface area (Å²) in [4.78, 5) is 10.5. The Morgan fingerprint density at radius 2 is 2.25 bits per heavy atom. The summed E-state index contributed by atoms with van der Waals surface area (Å²) >= 11 is 2.46. The van der Waals surface area contributed by atoms with Gasteiger partial charge in [0.15, 0.2) is 4.34 Å². The number of aromatic nitrogens is 2. The Labute approximate surface area is 124 Å². The van der Waals surface area contributed by atoms with Crippen molar-refractivity contribution in [2.75, 3.05) is 17.7 Å². The molecule has 1 aromatic carbocycles. The molecule has 106 valence electrons. The van der Waals surface area contributed by atoms with Gasteiger partial charge in [0, 0.05) is 0 Å². The Balaban J connectivity index is 2.05. The lowest BCUT2D eigenvalue weighted by Gasteiger charge is -2.09. The third-order valence-electron chi connectivity index (χ3n) is 2.15. The summed E-state index contributed by atoms with van der Waals surface area (Å²) in [6.07, 6.45) is 0. The predicted molar refractivity (Wildman–Crippen MR) is 79.2 cm³/mol. The van der Waals surface area contributed by atoms with Gasteiger partial charge in [-0.2, -0.15) is 0 Å². The molecule has 2 aromatic rings. The molecule has 0 aliphatic rings. The molecule has 0 spiro atoms. The van der Waals surface area contributed by atoms with Crippen molar-refractivity contribution in [2.45, 2.75) is 11.3 Å². The van der Waals surface area contributed by atoms with Gasteiger partial charge >= 0.3 is 5.97 Å². The molecule has 0 radical (unpaired) electrons. The van der Waals surface area contributed by atoms with Crippen molar-refractivity contribution in [1.82, 2.24) is 10.2 Å². The molecular formula is C12H13N3O3S2. The lowest BCUT2D eigenvalue weighted by atomic mass is 10.3. The van der Waals surface area contributed by atoms with Crippen LogP contribution in [-0.4, -0.2) is 33.6 Å². The Morgan fingerprint density at radius 1 is 1.45 bits per heavy atom. The maximum atomic E-state index is 10.5. The number of hydrogen-bond acceptors (Lipinski definition) is 7. The van der Waals surface area contributed by atoms with E-state index in [0.29, 0.717) is 16.1 Å². The van der Waals surface area contributed by atoms with E-state index >= 15 is 0 Å². The van der Waals surface area contributed by atoms with Crippen molar-refractivity contribution in [2.24, 2.45) is 0 Å². The molecule has 0 saturated carbocycles. The Bertz CT molecular complexity index is 589. The number of hydrogen-bond donors (Lipinski definition) is 2. The fraction of sp³-hybridized carbons (Fsp3) is 0.250. The monoisotopic (exact) mass is 311 g/mol. The number of aliphatic carboxylic acids is 1. The zero-order valence-electron chi connectivity index (χ0n) is 10.7. The van der Waals surface area contributed by atoms with E-state index < -0.39 is 5.97 Å². The number of carbonyl (C=O) groups is 1. The van der Waals surface area contributed by atoms with Crippen molar-refractivity contribution >= 4 is 39.9 Å². The van der Waals surface area contributed by atoms with Gasteiger partial charge in [-0.3, -0.25) is 4.79 Å². The minimum absolute atomic E-state index is 0.0236. The van der Waals surface area contributed by atoms with Gasteiger partial charge in [-0.15, -0.1) is 10.2 Å². The predicted octanol–water partition coefficient (Wildman–Crippen LogP) is 2.86. The third-order valence-corrected chi connectivity index (χ3v) is 4.11. The molecule has 2 N–H and O–H groups in total. The Morgan fingerprint density at radius 3 is 3.00 bits per heavy atom. The Hall–Kier alpha value is -1.80. The van der Waals surface area contributed by atoms with Crippen LogP contribution >= 0.6 is 23.1 Å². The third kappa shape index (κ3) is 4.10. The van der Waals surface area contributed by atoms with Gasteiger partial charge in [0.25, 0.3) is 0 Å². The van der Waals surface area contributed by atoms with Crippen LogP contribution in [0.15, 0.2) is 28.6 Å². The van der Waals surface area contributed by atoms with E-state index in [2.05, 4.69) is 15.5 Å². The van der Waals surface area contributed by atoms with Gasteiger partial charge in [-0.05, 0) is 19.1 Å². The minimum atomic E-state index is -0.874. The number of benzene rings is 1. The van der Waals surface area contributed by atoms with E-state index in [4.69, 9.17) is 9.84 Å². The highest BCUT2D eigenvalue weighted by Gasteiger charge is 2.09. The SMILES string of the molecule is CCOc1ccccc1Nc1nnc(SCC(=O)O)s1. The van der Waals surface area contributed by atoms with Crippen LogP contribution in [0.25, 0.3) is 0 Å². The molecule has 0 atom stereocenters. The van der Waals surface area contributed by atoms with Gasteiger partial charge in [0.2, 0.25) is 5.13 Å². The molecule has 0 bridgehead atoms. The fourth-order valence-electron chi connectivity index (χ4n) is 1.41. The molecule has 0 amide bonds. The standard InChI is InChI=1S/C12H13N3O3S2/c1-2-18-9-6-4-3-5-8(9)13-11-14-15-12(20-11)19-7-10(16)17/h3-6H,2,7H2,1H3,(H,13,14)(H,16,17). The van der Waals surface area contributed by atoms with Crippen LogP contribution in [0, 0.1) is 0 Å². The number of carboxylic acids is 1. The summed E-state index contributed by atoms with van der Waals surface area (Å²) in [5.41, 5.74) is 0.806. The first-order valence-corrected chi connectivity index (χ1v) is 7.66. The van der Waals surface area contributed by atoms with Crippen molar-refractivity contribution in [3.05, 3.63) is 24.3 Å². The Kier molecular flexibility index (Phi) is 5.19. The number of ether oxygens (including phenoxy) is 1. The van der Waals surface area contributed by atoms with Gasteiger partial charge in [-0.1, -0.05) is 35.2 Å². The molecule has 8 heteroatoms. The van der Waals surface area contributed by atoms with E-state index in [1.165, 1.54) is 11.3 Å². The molecule has 0 fully saturated rings. The van der Waals surface area contributed by atoms with E-state index in [0.717, 1.165) is 23.2 Å². The van der Waals surface area contributed by atoms with Crippen LogP contribution < -0.4 is 10.1 Å². The molecule has 6 nitrogen and oxygen atoms in total. The lowest BCUT2D eigenvalue weighted by Crippen LogP contribution is -1.97. The number of anilines is 2. The number of carboxylic acid groups (broad SMARTS) is 1. The highest BCUT2D eigenvalue weighted by atomic mass is 32.2. The van der Waals surface area contributed by atoms with Gasteiger partial charge < -0.3 is 15.2 Å². The van der Waals surface area contributed by atoms with Crippen LogP contribution in [0.3, 0.4) is 0 Å². The molecule has 20 heavy (non-hydrogen) atoms. The second-order valence-corrected chi connectivity index (χ2v) is 5.81. The minimum Gasteiger partial charge on any atom is -0.492 e. The molecule has 1 heterocycles. The number of rotatable bonds is 7. The maximum absolute atomic E-state index is 10.5. The molecule has 1 aromatic heterocycles. The first-order valence-electron chi connectivity index (χ1n) is 5.86. The van der Waals surface area contributed by atoms with Crippen LogP contribution in [0.4, 0.5) is 10.8 Å². The van der Waals surface area contributed by atoms with E-state index in [-0.39, 0.29) is 5.75 Å². The summed E-state index contributed by atoms with van der Waals surface area (Å²) < 4.78 is 6.12. The lowest BCUT2D eigenvalue weighted by molar-refractivity contribution is -0.133. The zero-order chi connectivity index (χ0) is 14.4. The highest BCUT2D eigenvalue weighted by Crippen LogP contribution is 2.31. The summed E-state index contributed by atoms with van der Waals surface area (Å²) in [6.45, 7) is 2.50. The average Bonchev–Trinajstić information content (AvgIpc) is 2.87. The first kappa shape index (κ1) is 14.6. The summed E-state index contributed by atoms with van der Waals surface area (Å²) in [5.74, 6) is -0.157. The van der Waals surface area contributed by atoms with Crippen molar-refractivity contribution in [1.29, 1.82) is 0 Å². The average molecular weight is 311 g/mol. The maximum Gasteiger partial charge on any atom is 0.313 e. The molecule has 0 unspecified atom stereocenters. The molecule has 0 saturated heterocycles. The number of para-hydroxylation sites is 2. The largest absolute Gasteiger partial charge is 0.492 e. The van der Waals surface area contributed by atoms with Crippen LogP contribution in [0.5, 0.6) is 5.75 Å². The fourth-order valence-corrected chi connectivity index (χ4v) is 2.89. The van der Waals surface area contributed by atoms with E-state index in [9.17, 15) is 4.79 Å². The summed E-state index contributed by atoms with van der Waals surface area (Å²) in [7, 11) is 0. The van der Waals surface area contributed by atoms with Gasteiger partial charge in [0.05, 0.1) is 18.0 Å². The van der Waals surface area contributed by atoms with Crippen molar-refractivity contribution < 1.29 is 14.6 Å². The van der Waals surface area contributed by atoms with E-state index in [1.807, 2.05) is 31.2 Å². The highest BCUT2D eigenvalue weighted by molar-refractivity contribution is 8.01. The molecule has 0 aliphatic carbocycles. The van der Waals surface area contributed by atoms with Crippen LogP contribution in [-0.2, 0) is 4.79 Å². The second kappa shape index (κ2) is 7.11. The number of nitrogens with zero attached hydrogens (tertiary/aromatic N) is 2. The normalized spacial score (nSPS) is 10.2. The number of thioether (sulfide) groups is 1. The first-order chi connectivity index (χ1) is 9.69. The van der Waals surface area contributed by atoms with Crippen LogP contribution in [0.2, 0.25) is 0 Å². The van der Waals surface area contributed by atoms with Crippen LogP contribution in [0.1, 0.15) is 6.92 Å². The van der Waals surface area contributed by atoms with E-state index in [1.54, 1.807) is 0 Å². The number of nitrogens with one attached hydrogen (secondary N) is 1. The topological polar surface area (TPSA) is 84.3 Å². The summed E-state index contributed by atoms with van der Waals surface area (Å²) in [5, 5.41) is 20.2. The smallest absolute Gasteiger partial charge is 0.313 e.